The Kier molecular flexibility index (Phi) is 5.52. The van der Waals surface area contributed by atoms with Crippen LogP contribution in [0.2, 0.25) is 0 Å². The van der Waals surface area contributed by atoms with Crippen LogP contribution in [-0.2, 0) is 18.3 Å². The average Bonchev–Trinajstić information content (AvgIpc) is 2.42. The maximum Gasteiger partial charge on any atom is 0.458 e. The van der Waals surface area contributed by atoms with Gasteiger partial charge in [0, 0.05) is 11.1 Å². The van der Waals surface area contributed by atoms with E-state index in [4.69, 9.17) is 0 Å². The molecule has 0 fully saturated rings. The van der Waals surface area contributed by atoms with E-state index in [9.17, 15) is 43.9 Å². The molecule has 1 aromatic carbocycles. The quantitative estimate of drug-likeness (QED) is 0.531. The molecule has 0 saturated heterocycles. The minimum Gasteiger partial charge on any atom is -0.191 e. The molecule has 0 aliphatic rings. The summed E-state index contributed by atoms with van der Waals surface area (Å²) >= 11 is 0. The van der Waals surface area contributed by atoms with E-state index in [0.717, 1.165) is 0 Å². The van der Waals surface area contributed by atoms with Gasteiger partial charge >= 0.3 is 24.2 Å². The molecule has 0 N–H and O–H groups in total. The largest absolute Gasteiger partial charge is 0.458 e. The predicted molar refractivity (Wildman–Crippen MR) is 65.0 cm³/mol. The van der Waals surface area contributed by atoms with Gasteiger partial charge in [0.05, 0.1) is 0 Å². The lowest BCUT2D eigenvalue weighted by molar-refractivity contribution is -0.292. The Bertz CT molecular complexity index is 568. The van der Waals surface area contributed by atoms with Crippen LogP contribution in [0.4, 0.5) is 43.9 Å². The molecule has 138 valence electrons. The van der Waals surface area contributed by atoms with E-state index < -0.39 is 47.0 Å². The summed E-state index contributed by atoms with van der Waals surface area (Å²) in [7, 11) is 0. The molecule has 10 heteroatoms. The van der Waals surface area contributed by atoms with Gasteiger partial charge in [0.2, 0.25) is 0 Å². The standard InChI is InChI=1S/C14H12F10/c1-2-3-4-8-5-6-9(11(15,16)13(19,20)21)7-10(8)12(17,18)14(22,23)24/h5-7H,2-4H2,1H3. The summed E-state index contributed by atoms with van der Waals surface area (Å²) in [4.78, 5) is 0. The van der Waals surface area contributed by atoms with E-state index in [1.165, 1.54) is 0 Å². The van der Waals surface area contributed by atoms with Crippen molar-refractivity contribution in [2.45, 2.75) is 50.4 Å². The number of aryl methyl sites for hydroxylation is 1. The summed E-state index contributed by atoms with van der Waals surface area (Å²) in [5.41, 5.74) is -4.47. The molecule has 0 aliphatic carbocycles. The van der Waals surface area contributed by atoms with Gasteiger partial charge < -0.3 is 0 Å². The molecule has 0 atom stereocenters. The topological polar surface area (TPSA) is 0 Å². The zero-order valence-electron chi connectivity index (χ0n) is 12.1. The van der Waals surface area contributed by atoms with Gasteiger partial charge in [0.1, 0.15) is 0 Å². The van der Waals surface area contributed by atoms with Crippen molar-refractivity contribution in [3.8, 4) is 0 Å². The van der Waals surface area contributed by atoms with Crippen molar-refractivity contribution in [1.29, 1.82) is 0 Å². The van der Waals surface area contributed by atoms with Crippen molar-refractivity contribution in [3.63, 3.8) is 0 Å². The van der Waals surface area contributed by atoms with Gasteiger partial charge in [-0.2, -0.15) is 43.9 Å². The molecule has 0 spiro atoms. The number of benzene rings is 1. The highest BCUT2D eigenvalue weighted by atomic mass is 19.4. The van der Waals surface area contributed by atoms with Gasteiger partial charge in [-0.1, -0.05) is 25.5 Å². The molecular formula is C14H12F10. The highest BCUT2D eigenvalue weighted by molar-refractivity contribution is 5.38. The fraction of sp³-hybridized carbons (Fsp3) is 0.571. The highest BCUT2D eigenvalue weighted by Crippen LogP contribution is 2.49. The highest BCUT2D eigenvalue weighted by Gasteiger charge is 2.62. The first-order valence-corrected chi connectivity index (χ1v) is 6.69. The Morgan fingerprint density at radius 1 is 0.750 bits per heavy atom. The zero-order valence-corrected chi connectivity index (χ0v) is 12.1. The van der Waals surface area contributed by atoms with Crippen molar-refractivity contribution < 1.29 is 43.9 Å². The van der Waals surface area contributed by atoms with Crippen LogP contribution in [0.15, 0.2) is 18.2 Å². The number of unbranched alkanes of at least 4 members (excludes halogenated alkanes) is 1. The molecule has 0 saturated carbocycles. The van der Waals surface area contributed by atoms with Crippen molar-refractivity contribution in [1.82, 2.24) is 0 Å². The molecule has 0 nitrogen and oxygen atoms in total. The van der Waals surface area contributed by atoms with Gasteiger partial charge in [0.15, 0.2) is 0 Å². The SMILES string of the molecule is CCCCc1ccc(C(F)(F)C(F)(F)F)cc1C(F)(F)C(F)(F)F. The molecule has 0 bridgehead atoms. The van der Waals surface area contributed by atoms with Crippen LogP contribution in [0.25, 0.3) is 0 Å². The maximum absolute atomic E-state index is 13.6. The first-order valence-electron chi connectivity index (χ1n) is 6.69. The monoisotopic (exact) mass is 370 g/mol. The third kappa shape index (κ3) is 3.77. The van der Waals surface area contributed by atoms with Crippen molar-refractivity contribution in [2.75, 3.05) is 0 Å². The summed E-state index contributed by atoms with van der Waals surface area (Å²) < 4.78 is 128. The van der Waals surface area contributed by atoms with Crippen molar-refractivity contribution in [2.24, 2.45) is 0 Å². The van der Waals surface area contributed by atoms with Crippen LogP contribution in [-0.4, -0.2) is 12.4 Å². The molecule has 0 aromatic heterocycles. The second-order valence-corrected chi connectivity index (χ2v) is 5.12. The Morgan fingerprint density at radius 3 is 1.67 bits per heavy atom. The van der Waals surface area contributed by atoms with Gasteiger partial charge in [-0.15, -0.1) is 0 Å². The molecule has 1 rings (SSSR count). The van der Waals surface area contributed by atoms with E-state index in [2.05, 4.69) is 0 Å². The lowest BCUT2D eigenvalue weighted by atomic mass is 9.93. The van der Waals surface area contributed by atoms with Crippen LogP contribution in [0.5, 0.6) is 0 Å². The summed E-state index contributed by atoms with van der Waals surface area (Å²) in [6.45, 7) is 1.60. The summed E-state index contributed by atoms with van der Waals surface area (Å²) in [5, 5.41) is 0. The number of alkyl halides is 10. The fourth-order valence-corrected chi connectivity index (χ4v) is 1.97. The van der Waals surface area contributed by atoms with E-state index in [1.807, 2.05) is 0 Å². The molecule has 0 unspecified atom stereocenters. The number of rotatable bonds is 5. The van der Waals surface area contributed by atoms with Crippen molar-refractivity contribution >= 4 is 0 Å². The van der Waals surface area contributed by atoms with Crippen LogP contribution in [0.1, 0.15) is 36.5 Å². The second-order valence-electron chi connectivity index (χ2n) is 5.12. The van der Waals surface area contributed by atoms with Gasteiger partial charge in [-0.05, 0) is 24.5 Å². The normalized spacial score (nSPS) is 14.1. The molecule has 0 heterocycles. The lowest BCUT2D eigenvalue weighted by Gasteiger charge is -2.26. The molecule has 0 aliphatic heterocycles. The van der Waals surface area contributed by atoms with Gasteiger partial charge in [-0.25, -0.2) is 0 Å². The van der Waals surface area contributed by atoms with Crippen LogP contribution < -0.4 is 0 Å². The Hall–Kier alpha value is -1.48. The summed E-state index contributed by atoms with van der Waals surface area (Å²) in [6.07, 6.45) is -12.0. The first kappa shape index (κ1) is 20.6. The number of hydrogen-bond donors (Lipinski definition) is 0. The zero-order chi connectivity index (χ0) is 19.0. The van der Waals surface area contributed by atoms with Crippen molar-refractivity contribution in [3.05, 3.63) is 34.9 Å². The molecule has 1 aromatic rings. The Balaban J connectivity index is 3.55. The first-order chi connectivity index (χ1) is 10.7. The second kappa shape index (κ2) is 6.44. The van der Waals surface area contributed by atoms with Crippen LogP contribution in [0, 0.1) is 0 Å². The lowest BCUT2D eigenvalue weighted by Crippen LogP contribution is -2.37. The Labute approximate surface area is 130 Å². The average molecular weight is 370 g/mol. The predicted octanol–water partition coefficient (Wildman–Crippen LogP) is 6.34. The van der Waals surface area contributed by atoms with E-state index in [-0.39, 0.29) is 18.9 Å². The third-order valence-electron chi connectivity index (χ3n) is 3.32. The number of hydrogen-bond acceptors (Lipinski definition) is 0. The minimum atomic E-state index is -6.12. The third-order valence-corrected chi connectivity index (χ3v) is 3.32. The maximum atomic E-state index is 13.6. The van der Waals surface area contributed by atoms with E-state index in [1.54, 1.807) is 6.92 Å². The number of halogens is 10. The summed E-state index contributed by atoms with van der Waals surface area (Å²) in [6, 6.07) is 0.264. The molecule has 0 radical (unpaired) electrons. The van der Waals surface area contributed by atoms with E-state index >= 15 is 0 Å². The van der Waals surface area contributed by atoms with Gasteiger partial charge in [-0.3, -0.25) is 0 Å². The minimum absolute atomic E-state index is 0.163. The summed E-state index contributed by atoms with van der Waals surface area (Å²) in [5.74, 6) is -11.1. The Morgan fingerprint density at radius 2 is 1.25 bits per heavy atom. The van der Waals surface area contributed by atoms with Crippen LogP contribution >= 0.6 is 0 Å². The fourth-order valence-electron chi connectivity index (χ4n) is 1.97. The smallest absolute Gasteiger partial charge is 0.191 e. The molecular weight excluding hydrogens is 358 g/mol. The van der Waals surface area contributed by atoms with E-state index in [0.29, 0.717) is 12.5 Å². The molecule has 0 amide bonds. The molecule has 24 heavy (non-hydrogen) atoms. The van der Waals surface area contributed by atoms with Gasteiger partial charge in [0.25, 0.3) is 0 Å². The van der Waals surface area contributed by atoms with Crippen LogP contribution in [0.3, 0.4) is 0 Å².